The molecule has 0 radical (unpaired) electrons. The Hall–Kier alpha value is -1.11. The van der Waals surface area contributed by atoms with Crippen LogP contribution in [-0.4, -0.2) is 6.29 Å². The standard InChI is InChI=1S/C20H32O/c1-20(2,3)15-10-8-6-4-5-7-9-12-18-13-11-14-19(16-18)17-21/h11,13-14,16-17H,4-10,12,15H2,1-3H3. The van der Waals surface area contributed by atoms with Crippen LogP contribution in [0.5, 0.6) is 0 Å². The molecule has 0 unspecified atom stereocenters. The zero-order chi connectivity index (χ0) is 15.6. The fourth-order valence-electron chi connectivity index (χ4n) is 2.69. The molecule has 1 rings (SSSR count). The van der Waals surface area contributed by atoms with Crippen LogP contribution < -0.4 is 0 Å². The maximum absolute atomic E-state index is 10.7. The highest BCUT2D eigenvalue weighted by molar-refractivity contribution is 5.74. The van der Waals surface area contributed by atoms with Crippen molar-refractivity contribution in [2.24, 2.45) is 5.41 Å². The normalized spacial score (nSPS) is 11.6. The number of hydrogen-bond acceptors (Lipinski definition) is 1. The van der Waals surface area contributed by atoms with Gasteiger partial charge in [-0.3, -0.25) is 4.79 Å². The second-order valence-corrected chi connectivity index (χ2v) is 7.40. The van der Waals surface area contributed by atoms with Gasteiger partial charge < -0.3 is 0 Å². The van der Waals surface area contributed by atoms with Gasteiger partial charge in [0.1, 0.15) is 6.29 Å². The summed E-state index contributed by atoms with van der Waals surface area (Å²) in [7, 11) is 0. The van der Waals surface area contributed by atoms with E-state index in [4.69, 9.17) is 0 Å². The minimum Gasteiger partial charge on any atom is -0.298 e. The van der Waals surface area contributed by atoms with Gasteiger partial charge in [0.05, 0.1) is 0 Å². The summed E-state index contributed by atoms with van der Waals surface area (Å²) in [5.74, 6) is 0. The van der Waals surface area contributed by atoms with Crippen LogP contribution in [-0.2, 0) is 6.42 Å². The van der Waals surface area contributed by atoms with Crippen molar-refractivity contribution in [3.63, 3.8) is 0 Å². The Morgan fingerprint density at radius 2 is 1.52 bits per heavy atom. The van der Waals surface area contributed by atoms with Crippen molar-refractivity contribution in [2.45, 2.75) is 78.6 Å². The third-order valence-electron chi connectivity index (χ3n) is 3.98. The molecule has 21 heavy (non-hydrogen) atoms. The van der Waals surface area contributed by atoms with E-state index < -0.39 is 0 Å². The third-order valence-corrected chi connectivity index (χ3v) is 3.98. The SMILES string of the molecule is CC(C)(C)CCCCCCCCCc1cccc(C=O)c1. The third kappa shape index (κ3) is 9.44. The Balaban J connectivity index is 1.98. The van der Waals surface area contributed by atoms with Gasteiger partial charge in [-0.15, -0.1) is 0 Å². The predicted molar refractivity (Wildman–Crippen MR) is 91.9 cm³/mol. The Kier molecular flexibility index (Phi) is 8.34. The molecule has 0 amide bonds. The first-order valence-electron chi connectivity index (χ1n) is 8.55. The maximum atomic E-state index is 10.7. The van der Waals surface area contributed by atoms with Gasteiger partial charge >= 0.3 is 0 Å². The molecule has 0 spiro atoms. The van der Waals surface area contributed by atoms with Gasteiger partial charge in [0, 0.05) is 5.56 Å². The Bertz CT molecular complexity index is 401. The van der Waals surface area contributed by atoms with Crippen molar-refractivity contribution >= 4 is 6.29 Å². The van der Waals surface area contributed by atoms with Crippen LogP contribution in [0, 0.1) is 5.41 Å². The van der Waals surface area contributed by atoms with Gasteiger partial charge in [0.25, 0.3) is 0 Å². The summed E-state index contributed by atoms with van der Waals surface area (Å²) in [5.41, 5.74) is 2.59. The van der Waals surface area contributed by atoms with E-state index in [1.807, 2.05) is 18.2 Å². The molecule has 1 nitrogen and oxygen atoms in total. The number of rotatable bonds is 10. The lowest BCUT2D eigenvalue weighted by molar-refractivity contribution is 0.112. The van der Waals surface area contributed by atoms with E-state index in [-0.39, 0.29) is 0 Å². The number of benzene rings is 1. The van der Waals surface area contributed by atoms with E-state index in [0.717, 1.165) is 18.3 Å². The summed E-state index contributed by atoms with van der Waals surface area (Å²) in [4.78, 5) is 10.7. The summed E-state index contributed by atoms with van der Waals surface area (Å²) >= 11 is 0. The molecule has 0 aromatic heterocycles. The predicted octanol–water partition coefficient (Wildman–Crippen LogP) is 6.21. The number of aryl methyl sites for hydroxylation is 1. The molecule has 0 aliphatic carbocycles. The van der Waals surface area contributed by atoms with Crippen LogP contribution in [0.3, 0.4) is 0 Å². The Morgan fingerprint density at radius 3 is 2.14 bits per heavy atom. The first kappa shape index (κ1) is 17.9. The minimum atomic E-state index is 0.496. The highest BCUT2D eigenvalue weighted by Gasteiger charge is 2.08. The molecule has 0 heterocycles. The van der Waals surface area contributed by atoms with Gasteiger partial charge in [-0.1, -0.05) is 77.5 Å². The summed E-state index contributed by atoms with van der Waals surface area (Å²) in [6, 6.07) is 7.99. The second-order valence-electron chi connectivity index (χ2n) is 7.40. The maximum Gasteiger partial charge on any atom is 0.150 e. The first-order valence-corrected chi connectivity index (χ1v) is 8.55. The van der Waals surface area contributed by atoms with Gasteiger partial charge in [-0.2, -0.15) is 0 Å². The zero-order valence-corrected chi connectivity index (χ0v) is 14.2. The molecular formula is C20H32O. The molecule has 0 atom stereocenters. The van der Waals surface area contributed by atoms with Crippen molar-refractivity contribution in [3.05, 3.63) is 35.4 Å². The number of carbonyl (C=O) groups is 1. The van der Waals surface area contributed by atoms with Crippen molar-refractivity contribution in [1.29, 1.82) is 0 Å². The molecule has 118 valence electrons. The largest absolute Gasteiger partial charge is 0.298 e. The van der Waals surface area contributed by atoms with E-state index in [1.165, 1.54) is 56.9 Å². The van der Waals surface area contributed by atoms with Crippen molar-refractivity contribution in [2.75, 3.05) is 0 Å². The highest BCUT2D eigenvalue weighted by Crippen LogP contribution is 2.22. The van der Waals surface area contributed by atoms with Gasteiger partial charge in [-0.05, 0) is 36.3 Å². The molecule has 1 aromatic carbocycles. The zero-order valence-electron chi connectivity index (χ0n) is 14.2. The monoisotopic (exact) mass is 288 g/mol. The van der Waals surface area contributed by atoms with Crippen LogP contribution in [0.25, 0.3) is 0 Å². The smallest absolute Gasteiger partial charge is 0.150 e. The average Bonchev–Trinajstić information content (AvgIpc) is 2.44. The molecule has 1 heteroatoms. The lowest BCUT2D eigenvalue weighted by Gasteiger charge is -2.17. The molecule has 0 aliphatic heterocycles. The van der Waals surface area contributed by atoms with Crippen molar-refractivity contribution in [1.82, 2.24) is 0 Å². The lowest BCUT2D eigenvalue weighted by Crippen LogP contribution is -2.03. The highest BCUT2D eigenvalue weighted by atomic mass is 16.1. The van der Waals surface area contributed by atoms with Gasteiger partial charge in [-0.25, -0.2) is 0 Å². The van der Waals surface area contributed by atoms with Crippen molar-refractivity contribution in [3.8, 4) is 0 Å². The van der Waals surface area contributed by atoms with Crippen LogP contribution in [0.4, 0.5) is 0 Å². The summed E-state index contributed by atoms with van der Waals surface area (Å²) in [6.45, 7) is 6.98. The number of unbranched alkanes of at least 4 members (excludes halogenated alkanes) is 6. The topological polar surface area (TPSA) is 17.1 Å². The van der Waals surface area contributed by atoms with Crippen LogP contribution in [0.1, 0.15) is 88.1 Å². The summed E-state index contributed by atoms with van der Waals surface area (Å²) in [6.07, 6.45) is 12.8. The summed E-state index contributed by atoms with van der Waals surface area (Å²) in [5, 5.41) is 0. The van der Waals surface area contributed by atoms with E-state index in [0.29, 0.717) is 5.41 Å². The molecule has 0 N–H and O–H groups in total. The number of aldehydes is 1. The van der Waals surface area contributed by atoms with Crippen LogP contribution in [0.2, 0.25) is 0 Å². The van der Waals surface area contributed by atoms with E-state index in [9.17, 15) is 4.79 Å². The quantitative estimate of drug-likeness (QED) is 0.369. The fraction of sp³-hybridized carbons (Fsp3) is 0.650. The molecule has 0 bridgehead atoms. The van der Waals surface area contributed by atoms with Crippen LogP contribution >= 0.6 is 0 Å². The average molecular weight is 288 g/mol. The lowest BCUT2D eigenvalue weighted by atomic mass is 9.89. The molecule has 1 aromatic rings. The summed E-state index contributed by atoms with van der Waals surface area (Å²) < 4.78 is 0. The Labute approximate surface area is 131 Å². The molecule has 0 saturated carbocycles. The van der Waals surface area contributed by atoms with E-state index in [1.54, 1.807) is 0 Å². The van der Waals surface area contributed by atoms with Gasteiger partial charge in [0.2, 0.25) is 0 Å². The van der Waals surface area contributed by atoms with E-state index in [2.05, 4.69) is 26.8 Å². The fourth-order valence-corrected chi connectivity index (χ4v) is 2.69. The number of carbonyl (C=O) groups excluding carboxylic acids is 1. The molecule has 0 fully saturated rings. The van der Waals surface area contributed by atoms with Gasteiger partial charge in [0.15, 0.2) is 0 Å². The Morgan fingerprint density at radius 1 is 0.905 bits per heavy atom. The first-order chi connectivity index (χ1) is 10.0. The minimum absolute atomic E-state index is 0.496. The van der Waals surface area contributed by atoms with E-state index >= 15 is 0 Å². The molecule has 0 saturated heterocycles. The van der Waals surface area contributed by atoms with Crippen LogP contribution in [0.15, 0.2) is 24.3 Å². The second kappa shape index (κ2) is 9.76. The molecule has 0 aliphatic rings. The molecular weight excluding hydrogens is 256 g/mol. The van der Waals surface area contributed by atoms with Crippen molar-refractivity contribution < 1.29 is 4.79 Å². The number of hydrogen-bond donors (Lipinski definition) is 0.